The van der Waals surface area contributed by atoms with E-state index in [-0.39, 0.29) is 0 Å². The van der Waals surface area contributed by atoms with E-state index in [1.165, 1.54) is 32.1 Å². The Kier molecular flexibility index (Phi) is 8.62. The van der Waals surface area contributed by atoms with Crippen molar-refractivity contribution in [2.75, 3.05) is 6.61 Å². The zero-order valence-electron chi connectivity index (χ0n) is 22.0. The largest absolute Gasteiger partial charge is 0.494 e. The van der Waals surface area contributed by atoms with Crippen LogP contribution in [-0.2, 0) is 0 Å². The third-order valence-corrected chi connectivity index (χ3v) is 6.73. The lowest BCUT2D eigenvalue weighted by atomic mass is 9.95. The molecule has 38 heavy (non-hydrogen) atoms. The fraction of sp³-hybridized carbons (Fsp3) is 0.235. The SMILES string of the molecule is CCCCCCCCOc1ccc(-c2nnc(-c3cc(-c4ccccc4)ccc3-c3ccccc3)o2)cc1. The number of unbranched alkanes of at least 4 members (excludes halogenated alkanes) is 5. The molecule has 0 spiro atoms. The van der Waals surface area contributed by atoms with Crippen molar-refractivity contribution in [1.29, 1.82) is 0 Å². The number of rotatable bonds is 12. The van der Waals surface area contributed by atoms with Crippen LogP contribution >= 0.6 is 0 Å². The zero-order chi connectivity index (χ0) is 26.0. The maximum absolute atomic E-state index is 6.23. The van der Waals surface area contributed by atoms with E-state index in [0.717, 1.165) is 52.2 Å². The number of ether oxygens (including phenoxy) is 1. The lowest BCUT2D eigenvalue weighted by Gasteiger charge is -2.10. The van der Waals surface area contributed by atoms with Crippen LogP contribution in [0.4, 0.5) is 0 Å². The molecule has 192 valence electrons. The smallest absolute Gasteiger partial charge is 0.248 e. The van der Waals surface area contributed by atoms with Crippen LogP contribution in [0.25, 0.3) is 45.2 Å². The standard InChI is InChI=1S/C34H34N2O2/c1-2-3-4-5-6-13-24-37-30-21-18-28(19-22-30)33-35-36-34(38-33)32-25-29(26-14-9-7-10-15-26)20-23-31(32)27-16-11-8-12-17-27/h7-12,14-23,25H,2-6,13,24H2,1H3. The summed E-state index contributed by atoms with van der Waals surface area (Å²) in [4.78, 5) is 0. The second kappa shape index (κ2) is 12.9. The number of aromatic nitrogens is 2. The molecule has 4 nitrogen and oxygen atoms in total. The second-order valence-electron chi connectivity index (χ2n) is 9.55. The maximum atomic E-state index is 6.23. The Balaban J connectivity index is 1.34. The van der Waals surface area contributed by atoms with Gasteiger partial charge in [0.1, 0.15) is 5.75 Å². The quantitative estimate of drug-likeness (QED) is 0.159. The van der Waals surface area contributed by atoms with Crippen LogP contribution in [0.15, 0.2) is 108 Å². The Morgan fingerprint density at radius 1 is 0.553 bits per heavy atom. The maximum Gasteiger partial charge on any atom is 0.248 e. The van der Waals surface area contributed by atoms with Crippen LogP contribution < -0.4 is 4.74 Å². The minimum Gasteiger partial charge on any atom is -0.494 e. The number of hydrogen-bond acceptors (Lipinski definition) is 4. The fourth-order valence-corrected chi connectivity index (χ4v) is 4.62. The molecule has 0 saturated carbocycles. The van der Waals surface area contributed by atoms with E-state index in [4.69, 9.17) is 9.15 Å². The minimum atomic E-state index is 0.492. The summed E-state index contributed by atoms with van der Waals surface area (Å²) in [5.41, 5.74) is 6.19. The third-order valence-electron chi connectivity index (χ3n) is 6.73. The van der Waals surface area contributed by atoms with Gasteiger partial charge >= 0.3 is 0 Å². The zero-order valence-corrected chi connectivity index (χ0v) is 22.0. The van der Waals surface area contributed by atoms with E-state index in [2.05, 4.69) is 59.6 Å². The van der Waals surface area contributed by atoms with Crippen LogP contribution in [-0.4, -0.2) is 16.8 Å². The highest BCUT2D eigenvalue weighted by molar-refractivity contribution is 5.84. The summed E-state index contributed by atoms with van der Waals surface area (Å²) in [5.74, 6) is 1.86. The lowest BCUT2D eigenvalue weighted by molar-refractivity contribution is 0.304. The molecule has 5 rings (SSSR count). The van der Waals surface area contributed by atoms with Crippen molar-refractivity contribution in [3.8, 4) is 50.9 Å². The normalized spacial score (nSPS) is 11.0. The number of hydrogen-bond donors (Lipinski definition) is 0. The van der Waals surface area contributed by atoms with E-state index in [0.29, 0.717) is 11.8 Å². The van der Waals surface area contributed by atoms with Crippen molar-refractivity contribution in [3.63, 3.8) is 0 Å². The van der Waals surface area contributed by atoms with Gasteiger partial charge in [-0.25, -0.2) is 0 Å². The highest BCUT2D eigenvalue weighted by atomic mass is 16.5. The van der Waals surface area contributed by atoms with Gasteiger partial charge in [-0.2, -0.15) is 0 Å². The summed E-state index contributed by atoms with van der Waals surface area (Å²) >= 11 is 0. The van der Waals surface area contributed by atoms with Gasteiger partial charge in [-0.15, -0.1) is 10.2 Å². The van der Waals surface area contributed by atoms with Gasteiger partial charge in [0.05, 0.1) is 6.61 Å². The van der Waals surface area contributed by atoms with E-state index in [9.17, 15) is 0 Å². The second-order valence-corrected chi connectivity index (χ2v) is 9.55. The lowest BCUT2D eigenvalue weighted by Crippen LogP contribution is -1.97. The predicted octanol–water partition coefficient (Wildman–Crippen LogP) is 9.48. The molecule has 0 unspecified atom stereocenters. The van der Waals surface area contributed by atoms with Gasteiger partial charge in [0.25, 0.3) is 0 Å². The van der Waals surface area contributed by atoms with E-state index in [1.54, 1.807) is 0 Å². The molecule has 0 atom stereocenters. The van der Waals surface area contributed by atoms with Gasteiger partial charge in [0.2, 0.25) is 11.8 Å². The first-order chi connectivity index (χ1) is 18.8. The molecule has 0 bridgehead atoms. The summed E-state index contributed by atoms with van der Waals surface area (Å²) < 4.78 is 12.2. The molecule has 0 aliphatic heterocycles. The van der Waals surface area contributed by atoms with Crippen molar-refractivity contribution in [3.05, 3.63) is 103 Å². The van der Waals surface area contributed by atoms with Gasteiger partial charge in [0, 0.05) is 11.1 Å². The van der Waals surface area contributed by atoms with Crippen LogP contribution in [0, 0.1) is 0 Å². The molecule has 1 aromatic heterocycles. The Labute approximate surface area is 225 Å². The molecule has 0 saturated heterocycles. The topological polar surface area (TPSA) is 48.2 Å². The molecule has 0 fully saturated rings. The Morgan fingerprint density at radius 2 is 1.18 bits per heavy atom. The molecule has 0 aliphatic carbocycles. The Morgan fingerprint density at radius 3 is 1.92 bits per heavy atom. The summed E-state index contributed by atoms with van der Waals surface area (Å²) in [6.45, 7) is 2.99. The van der Waals surface area contributed by atoms with Crippen molar-refractivity contribution in [2.45, 2.75) is 45.4 Å². The molecule has 4 aromatic carbocycles. The van der Waals surface area contributed by atoms with Gasteiger partial charge in [0.15, 0.2) is 0 Å². The van der Waals surface area contributed by atoms with Crippen molar-refractivity contribution in [2.24, 2.45) is 0 Å². The third kappa shape index (κ3) is 6.38. The molecule has 0 N–H and O–H groups in total. The summed E-state index contributed by atoms with van der Waals surface area (Å²) in [6, 6.07) is 34.9. The van der Waals surface area contributed by atoms with Crippen LogP contribution in [0.5, 0.6) is 5.75 Å². The monoisotopic (exact) mass is 502 g/mol. The fourth-order valence-electron chi connectivity index (χ4n) is 4.62. The van der Waals surface area contributed by atoms with E-state index in [1.807, 2.05) is 60.7 Å². The molecule has 0 radical (unpaired) electrons. The molecule has 0 aliphatic rings. The van der Waals surface area contributed by atoms with Gasteiger partial charge in [-0.05, 0) is 59.0 Å². The molecule has 4 heteroatoms. The number of nitrogens with zero attached hydrogens (tertiary/aromatic N) is 2. The summed E-state index contributed by atoms with van der Waals surface area (Å²) in [5, 5.41) is 8.83. The van der Waals surface area contributed by atoms with Crippen LogP contribution in [0.1, 0.15) is 45.4 Å². The first-order valence-electron chi connectivity index (χ1n) is 13.6. The number of benzene rings is 4. The van der Waals surface area contributed by atoms with Gasteiger partial charge < -0.3 is 9.15 Å². The van der Waals surface area contributed by atoms with Gasteiger partial charge in [-0.1, -0.05) is 112 Å². The highest BCUT2D eigenvalue weighted by Crippen LogP contribution is 2.36. The van der Waals surface area contributed by atoms with E-state index >= 15 is 0 Å². The Hall–Kier alpha value is -4.18. The molecule has 5 aromatic rings. The molecular formula is C34H34N2O2. The van der Waals surface area contributed by atoms with Crippen LogP contribution in [0.3, 0.4) is 0 Å². The van der Waals surface area contributed by atoms with Gasteiger partial charge in [-0.3, -0.25) is 0 Å². The molecule has 0 amide bonds. The van der Waals surface area contributed by atoms with Crippen molar-refractivity contribution >= 4 is 0 Å². The summed E-state index contributed by atoms with van der Waals surface area (Å²) in [7, 11) is 0. The molecular weight excluding hydrogens is 468 g/mol. The van der Waals surface area contributed by atoms with Crippen molar-refractivity contribution < 1.29 is 9.15 Å². The Bertz CT molecular complexity index is 1410. The van der Waals surface area contributed by atoms with Crippen LogP contribution in [0.2, 0.25) is 0 Å². The average molecular weight is 503 g/mol. The highest BCUT2D eigenvalue weighted by Gasteiger charge is 2.16. The van der Waals surface area contributed by atoms with E-state index < -0.39 is 0 Å². The summed E-state index contributed by atoms with van der Waals surface area (Å²) in [6.07, 6.45) is 7.52. The first-order valence-corrected chi connectivity index (χ1v) is 13.6. The molecule has 1 heterocycles. The minimum absolute atomic E-state index is 0.492. The average Bonchev–Trinajstić information content (AvgIpc) is 3.48. The first kappa shape index (κ1) is 25.5. The predicted molar refractivity (Wildman–Crippen MR) is 155 cm³/mol. The van der Waals surface area contributed by atoms with Crippen molar-refractivity contribution in [1.82, 2.24) is 10.2 Å².